The topological polar surface area (TPSA) is 84.7 Å². The van der Waals surface area contributed by atoms with E-state index in [0.29, 0.717) is 17.1 Å². The molecule has 1 aromatic carbocycles. The van der Waals surface area contributed by atoms with Crippen LogP contribution >= 0.6 is 11.3 Å². The van der Waals surface area contributed by atoms with E-state index in [2.05, 4.69) is 5.32 Å². The van der Waals surface area contributed by atoms with E-state index in [0.717, 1.165) is 11.3 Å². The Balaban J connectivity index is 1.93. The van der Waals surface area contributed by atoms with Gasteiger partial charge in [-0.05, 0) is 36.9 Å². The predicted molar refractivity (Wildman–Crippen MR) is 104 cm³/mol. The lowest BCUT2D eigenvalue weighted by Crippen LogP contribution is -2.46. The first-order chi connectivity index (χ1) is 12.5. The standard InChI is InChI=1S/C19H21N3O3S/c1-3-12(2)21-18(23)11-22-15-7-6-13(20)9-16(15)25-17(19(22)24)10-14-5-4-8-26-14/h4-10,12H,3,11,20H2,1-2H3,(H,21,23)/b17-10+. The van der Waals surface area contributed by atoms with Crippen molar-refractivity contribution in [3.8, 4) is 5.75 Å². The molecular formula is C19H21N3O3S. The van der Waals surface area contributed by atoms with Gasteiger partial charge in [0.05, 0.1) is 5.69 Å². The summed E-state index contributed by atoms with van der Waals surface area (Å²) in [6.07, 6.45) is 2.50. The van der Waals surface area contributed by atoms with Gasteiger partial charge < -0.3 is 15.8 Å². The quantitative estimate of drug-likeness (QED) is 0.625. The highest BCUT2D eigenvalue weighted by Gasteiger charge is 2.32. The fraction of sp³-hybridized carbons (Fsp3) is 0.263. The van der Waals surface area contributed by atoms with Crippen molar-refractivity contribution in [2.45, 2.75) is 26.3 Å². The largest absolute Gasteiger partial charge is 0.449 e. The van der Waals surface area contributed by atoms with Gasteiger partial charge in [0, 0.05) is 28.7 Å². The average molecular weight is 371 g/mol. The number of rotatable bonds is 5. The maximum atomic E-state index is 12.9. The number of carbonyl (C=O) groups is 2. The molecule has 7 heteroatoms. The number of amides is 2. The molecule has 3 N–H and O–H groups in total. The second kappa shape index (κ2) is 7.61. The molecule has 0 saturated carbocycles. The second-order valence-corrected chi connectivity index (χ2v) is 7.10. The molecule has 0 bridgehead atoms. The van der Waals surface area contributed by atoms with Crippen molar-refractivity contribution in [1.82, 2.24) is 5.32 Å². The van der Waals surface area contributed by atoms with Crippen molar-refractivity contribution in [1.29, 1.82) is 0 Å². The van der Waals surface area contributed by atoms with Crippen molar-refractivity contribution < 1.29 is 14.3 Å². The lowest BCUT2D eigenvalue weighted by molar-refractivity contribution is -0.123. The summed E-state index contributed by atoms with van der Waals surface area (Å²) in [7, 11) is 0. The van der Waals surface area contributed by atoms with Gasteiger partial charge in [0.25, 0.3) is 5.91 Å². The number of anilines is 2. The number of hydrogen-bond donors (Lipinski definition) is 2. The Morgan fingerprint density at radius 1 is 1.42 bits per heavy atom. The Labute approximate surface area is 156 Å². The first-order valence-electron chi connectivity index (χ1n) is 8.41. The van der Waals surface area contributed by atoms with Crippen molar-refractivity contribution in [3.63, 3.8) is 0 Å². The zero-order valence-corrected chi connectivity index (χ0v) is 15.5. The molecule has 2 amide bonds. The summed E-state index contributed by atoms with van der Waals surface area (Å²) in [5.41, 5.74) is 6.91. The van der Waals surface area contributed by atoms with Crippen LogP contribution in [0, 0.1) is 0 Å². The van der Waals surface area contributed by atoms with Crippen molar-refractivity contribution in [3.05, 3.63) is 46.3 Å². The van der Waals surface area contributed by atoms with Crippen LogP contribution in [0.15, 0.2) is 41.5 Å². The van der Waals surface area contributed by atoms with E-state index in [1.807, 2.05) is 31.4 Å². The number of benzene rings is 1. The van der Waals surface area contributed by atoms with Crippen molar-refractivity contribution >= 4 is 40.6 Å². The van der Waals surface area contributed by atoms with E-state index in [4.69, 9.17) is 10.5 Å². The Hall–Kier alpha value is -2.80. The molecule has 0 spiro atoms. The van der Waals surface area contributed by atoms with Crippen LogP contribution in [0.3, 0.4) is 0 Å². The van der Waals surface area contributed by atoms with Crippen LogP contribution in [0.4, 0.5) is 11.4 Å². The van der Waals surface area contributed by atoms with E-state index in [-0.39, 0.29) is 30.2 Å². The summed E-state index contributed by atoms with van der Waals surface area (Å²) in [6.45, 7) is 3.84. The number of carbonyl (C=O) groups excluding carboxylic acids is 2. The highest BCUT2D eigenvalue weighted by atomic mass is 32.1. The van der Waals surface area contributed by atoms with E-state index >= 15 is 0 Å². The molecule has 2 aromatic rings. The fourth-order valence-corrected chi connectivity index (χ4v) is 3.20. The number of nitrogens with two attached hydrogens (primary N) is 1. The lowest BCUT2D eigenvalue weighted by atomic mass is 10.2. The van der Waals surface area contributed by atoms with Gasteiger partial charge in [-0.15, -0.1) is 11.3 Å². The fourth-order valence-electron chi connectivity index (χ4n) is 2.56. The zero-order chi connectivity index (χ0) is 18.7. The summed E-state index contributed by atoms with van der Waals surface area (Å²) in [6, 6.07) is 8.87. The molecule has 1 aliphatic heterocycles. The van der Waals surface area contributed by atoms with Gasteiger partial charge in [-0.3, -0.25) is 14.5 Å². The van der Waals surface area contributed by atoms with E-state index < -0.39 is 0 Å². The van der Waals surface area contributed by atoms with Gasteiger partial charge in [-0.2, -0.15) is 0 Å². The van der Waals surface area contributed by atoms with Gasteiger partial charge in [0.2, 0.25) is 5.91 Å². The number of nitrogen functional groups attached to an aromatic ring is 1. The van der Waals surface area contributed by atoms with Crippen LogP contribution < -0.4 is 20.7 Å². The molecule has 1 unspecified atom stereocenters. The molecule has 1 atom stereocenters. The van der Waals surface area contributed by atoms with Crippen LogP contribution in [0.5, 0.6) is 5.75 Å². The number of nitrogens with one attached hydrogen (secondary N) is 1. The van der Waals surface area contributed by atoms with Crippen LogP contribution in [-0.4, -0.2) is 24.4 Å². The van der Waals surface area contributed by atoms with Gasteiger partial charge >= 0.3 is 0 Å². The van der Waals surface area contributed by atoms with Crippen LogP contribution in [-0.2, 0) is 9.59 Å². The Bertz CT molecular complexity index is 846. The molecule has 3 rings (SSSR count). The molecule has 2 heterocycles. The molecular weight excluding hydrogens is 350 g/mol. The molecule has 0 aliphatic carbocycles. The normalized spacial score (nSPS) is 16.2. The van der Waals surface area contributed by atoms with Crippen molar-refractivity contribution in [2.75, 3.05) is 17.2 Å². The van der Waals surface area contributed by atoms with Gasteiger partial charge in [-0.25, -0.2) is 0 Å². The summed E-state index contributed by atoms with van der Waals surface area (Å²) < 4.78 is 5.78. The maximum Gasteiger partial charge on any atom is 0.294 e. The minimum Gasteiger partial charge on any atom is -0.449 e. The Morgan fingerprint density at radius 2 is 2.23 bits per heavy atom. The lowest BCUT2D eigenvalue weighted by Gasteiger charge is -2.30. The summed E-state index contributed by atoms with van der Waals surface area (Å²) in [5, 5.41) is 4.80. The van der Waals surface area contributed by atoms with E-state index in [9.17, 15) is 9.59 Å². The Kier molecular flexibility index (Phi) is 5.27. The number of ether oxygens (including phenoxy) is 1. The maximum absolute atomic E-state index is 12.9. The molecule has 0 radical (unpaired) electrons. The molecule has 136 valence electrons. The number of thiophene rings is 1. The molecule has 26 heavy (non-hydrogen) atoms. The first kappa shape index (κ1) is 18.0. The summed E-state index contributed by atoms with van der Waals surface area (Å²) in [4.78, 5) is 27.6. The third kappa shape index (κ3) is 3.88. The molecule has 6 nitrogen and oxygen atoms in total. The van der Waals surface area contributed by atoms with Crippen LogP contribution in [0.25, 0.3) is 6.08 Å². The second-order valence-electron chi connectivity index (χ2n) is 6.12. The molecule has 1 aromatic heterocycles. The van der Waals surface area contributed by atoms with E-state index in [1.54, 1.807) is 24.3 Å². The van der Waals surface area contributed by atoms with Crippen LogP contribution in [0.1, 0.15) is 25.1 Å². The highest BCUT2D eigenvalue weighted by molar-refractivity contribution is 7.10. The van der Waals surface area contributed by atoms with Crippen LogP contribution in [0.2, 0.25) is 0 Å². The molecule has 0 fully saturated rings. The van der Waals surface area contributed by atoms with Crippen molar-refractivity contribution in [2.24, 2.45) is 0 Å². The first-order valence-corrected chi connectivity index (χ1v) is 9.29. The number of hydrogen-bond acceptors (Lipinski definition) is 5. The highest BCUT2D eigenvalue weighted by Crippen LogP contribution is 2.37. The molecule has 0 saturated heterocycles. The van der Waals surface area contributed by atoms with Gasteiger partial charge in [0.15, 0.2) is 11.5 Å². The number of nitrogens with zero attached hydrogens (tertiary/aromatic N) is 1. The minimum absolute atomic E-state index is 0.0469. The predicted octanol–water partition coefficient (Wildman–Crippen LogP) is 3.01. The monoisotopic (exact) mass is 371 g/mol. The van der Waals surface area contributed by atoms with E-state index in [1.165, 1.54) is 16.2 Å². The third-order valence-electron chi connectivity index (χ3n) is 4.09. The SMILES string of the molecule is CCC(C)NC(=O)CN1C(=O)/C(=C\c2cccs2)Oc2cc(N)ccc21. The smallest absolute Gasteiger partial charge is 0.294 e. The van der Waals surface area contributed by atoms with Gasteiger partial charge in [0.1, 0.15) is 6.54 Å². The number of fused-ring (bicyclic) bond motifs is 1. The third-order valence-corrected chi connectivity index (χ3v) is 4.91. The summed E-state index contributed by atoms with van der Waals surface area (Å²) in [5.74, 6) is 0.0634. The Morgan fingerprint density at radius 3 is 2.92 bits per heavy atom. The van der Waals surface area contributed by atoms with Gasteiger partial charge in [-0.1, -0.05) is 13.0 Å². The zero-order valence-electron chi connectivity index (χ0n) is 14.7. The average Bonchev–Trinajstić information content (AvgIpc) is 3.11. The summed E-state index contributed by atoms with van der Waals surface area (Å²) >= 11 is 1.50. The molecule has 1 aliphatic rings. The minimum atomic E-state index is -0.352.